The van der Waals surface area contributed by atoms with Crippen molar-refractivity contribution in [1.82, 2.24) is 14.9 Å². The zero-order chi connectivity index (χ0) is 16.6. The highest BCUT2D eigenvalue weighted by Gasteiger charge is 2.26. The SMILES string of the molecule is c1coc(CN2CCc3c(sc4ncnc(N5CCOCC5)c34)C2)c1. The van der Waals surface area contributed by atoms with Gasteiger partial charge in [0, 0.05) is 31.1 Å². The lowest BCUT2D eigenvalue weighted by molar-refractivity contribution is 0.122. The fourth-order valence-electron chi connectivity index (χ4n) is 3.74. The summed E-state index contributed by atoms with van der Waals surface area (Å²) in [5, 5.41) is 1.27. The number of morpholine rings is 1. The number of rotatable bonds is 3. The fourth-order valence-corrected chi connectivity index (χ4v) is 4.96. The first-order valence-electron chi connectivity index (χ1n) is 8.71. The number of hydrogen-bond donors (Lipinski definition) is 0. The topological polar surface area (TPSA) is 54.6 Å². The molecule has 0 N–H and O–H groups in total. The van der Waals surface area contributed by atoms with E-state index in [1.165, 1.54) is 15.8 Å². The Morgan fingerprint density at radius 1 is 1.16 bits per heavy atom. The number of furan rings is 1. The molecule has 2 aliphatic rings. The van der Waals surface area contributed by atoms with E-state index in [-0.39, 0.29) is 0 Å². The van der Waals surface area contributed by atoms with Crippen LogP contribution in [0.25, 0.3) is 10.2 Å². The summed E-state index contributed by atoms with van der Waals surface area (Å²) in [4.78, 5) is 16.5. The largest absolute Gasteiger partial charge is 0.468 e. The maximum Gasteiger partial charge on any atom is 0.141 e. The molecule has 25 heavy (non-hydrogen) atoms. The molecule has 0 atom stereocenters. The minimum atomic E-state index is 0.773. The van der Waals surface area contributed by atoms with Crippen LogP contribution in [-0.4, -0.2) is 47.7 Å². The number of aromatic nitrogens is 2. The van der Waals surface area contributed by atoms with Gasteiger partial charge in [0.1, 0.15) is 22.7 Å². The van der Waals surface area contributed by atoms with Gasteiger partial charge in [0.25, 0.3) is 0 Å². The predicted octanol–water partition coefficient (Wildman–Crippen LogP) is 2.68. The number of anilines is 1. The minimum Gasteiger partial charge on any atom is -0.468 e. The second-order valence-electron chi connectivity index (χ2n) is 6.52. The van der Waals surface area contributed by atoms with Gasteiger partial charge in [-0.15, -0.1) is 11.3 Å². The van der Waals surface area contributed by atoms with E-state index in [2.05, 4.69) is 19.8 Å². The highest BCUT2D eigenvalue weighted by Crippen LogP contribution is 2.38. The first-order chi connectivity index (χ1) is 12.4. The van der Waals surface area contributed by atoms with Crippen molar-refractivity contribution in [3.63, 3.8) is 0 Å². The Labute approximate surface area is 150 Å². The fraction of sp³-hybridized carbons (Fsp3) is 0.444. The third-order valence-corrected chi connectivity index (χ3v) is 6.09. The van der Waals surface area contributed by atoms with Crippen molar-refractivity contribution in [2.45, 2.75) is 19.5 Å². The van der Waals surface area contributed by atoms with Crippen LogP contribution in [0.4, 0.5) is 5.82 Å². The van der Waals surface area contributed by atoms with Gasteiger partial charge in [-0.1, -0.05) is 0 Å². The lowest BCUT2D eigenvalue weighted by Gasteiger charge is -2.29. The van der Waals surface area contributed by atoms with Gasteiger partial charge in [0.2, 0.25) is 0 Å². The minimum absolute atomic E-state index is 0.773. The third kappa shape index (κ3) is 2.82. The molecule has 0 unspecified atom stereocenters. The molecule has 7 heteroatoms. The number of hydrogen-bond acceptors (Lipinski definition) is 7. The predicted molar refractivity (Wildman–Crippen MR) is 97.0 cm³/mol. The zero-order valence-corrected chi connectivity index (χ0v) is 14.8. The Morgan fingerprint density at radius 3 is 2.92 bits per heavy atom. The third-order valence-electron chi connectivity index (χ3n) is 4.97. The van der Waals surface area contributed by atoms with Crippen LogP contribution in [0.2, 0.25) is 0 Å². The van der Waals surface area contributed by atoms with Crippen LogP contribution in [0.15, 0.2) is 29.1 Å². The second kappa shape index (κ2) is 6.40. The van der Waals surface area contributed by atoms with Gasteiger partial charge in [-0.05, 0) is 24.1 Å². The summed E-state index contributed by atoms with van der Waals surface area (Å²) in [6.45, 7) is 6.21. The van der Waals surface area contributed by atoms with Crippen molar-refractivity contribution in [3.05, 3.63) is 40.9 Å². The molecule has 0 aliphatic carbocycles. The molecule has 0 saturated carbocycles. The molecule has 0 bridgehead atoms. The van der Waals surface area contributed by atoms with Crippen molar-refractivity contribution in [3.8, 4) is 0 Å². The van der Waals surface area contributed by atoms with E-state index >= 15 is 0 Å². The quantitative estimate of drug-likeness (QED) is 0.719. The molecule has 0 spiro atoms. The molecule has 0 aromatic carbocycles. The van der Waals surface area contributed by atoms with Crippen LogP contribution in [0.3, 0.4) is 0 Å². The molecule has 1 fully saturated rings. The summed E-state index contributed by atoms with van der Waals surface area (Å²) in [6, 6.07) is 4.00. The van der Waals surface area contributed by atoms with Gasteiger partial charge in [-0.2, -0.15) is 0 Å². The van der Waals surface area contributed by atoms with Crippen LogP contribution < -0.4 is 4.90 Å². The number of nitrogens with zero attached hydrogens (tertiary/aromatic N) is 4. The molecule has 3 aromatic rings. The lowest BCUT2D eigenvalue weighted by Crippen LogP contribution is -2.37. The lowest BCUT2D eigenvalue weighted by atomic mass is 10.0. The molecule has 0 amide bonds. The molecule has 3 aromatic heterocycles. The van der Waals surface area contributed by atoms with Crippen molar-refractivity contribution in [2.75, 3.05) is 37.7 Å². The van der Waals surface area contributed by atoms with Gasteiger partial charge in [0.05, 0.1) is 31.4 Å². The van der Waals surface area contributed by atoms with E-state index in [9.17, 15) is 0 Å². The van der Waals surface area contributed by atoms with Crippen molar-refractivity contribution in [1.29, 1.82) is 0 Å². The van der Waals surface area contributed by atoms with E-state index in [0.29, 0.717) is 0 Å². The van der Waals surface area contributed by atoms with Crippen molar-refractivity contribution >= 4 is 27.4 Å². The standard InChI is InChI=1S/C18H20N4O2S/c1-2-13(24-7-1)10-21-4-3-14-15(11-21)25-18-16(14)17(19-12-20-18)22-5-8-23-9-6-22/h1-2,7,12H,3-6,8-11H2. The summed E-state index contributed by atoms with van der Waals surface area (Å²) < 4.78 is 11.0. The van der Waals surface area contributed by atoms with E-state index in [1.54, 1.807) is 12.6 Å². The van der Waals surface area contributed by atoms with Crippen LogP contribution in [0, 0.1) is 0 Å². The maximum absolute atomic E-state index is 5.50. The summed E-state index contributed by atoms with van der Waals surface area (Å²) in [5.41, 5.74) is 1.44. The second-order valence-corrected chi connectivity index (χ2v) is 7.60. The molecule has 5 rings (SSSR count). The zero-order valence-electron chi connectivity index (χ0n) is 14.0. The summed E-state index contributed by atoms with van der Waals surface area (Å²) in [5.74, 6) is 2.11. The van der Waals surface area contributed by atoms with Crippen LogP contribution >= 0.6 is 11.3 Å². The number of ether oxygens (including phenoxy) is 1. The Bertz CT molecular complexity index is 871. The Hall–Kier alpha value is -1.96. The monoisotopic (exact) mass is 356 g/mol. The highest BCUT2D eigenvalue weighted by molar-refractivity contribution is 7.19. The summed E-state index contributed by atoms with van der Waals surface area (Å²) in [7, 11) is 0. The van der Waals surface area contributed by atoms with Crippen LogP contribution in [-0.2, 0) is 24.2 Å². The smallest absolute Gasteiger partial charge is 0.141 e. The molecule has 2 aliphatic heterocycles. The molecular formula is C18H20N4O2S. The van der Waals surface area contributed by atoms with Gasteiger partial charge in [-0.25, -0.2) is 9.97 Å². The van der Waals surface area contributed by atoms with E-state index in [4.69, 9.17) is 9.15 Å². The number of thiophene rings is 1. The molecule has 1 saturated heterocycles. The Balaban J connectivity index is 1.47. The Kier molecular flexibility index (Phi) is 3.92. The van der Waals surface area contributed by atoms with Gasteiger partial charge in [0.15, 0.2) is 0 Å². The molecule has 0 radical (unpaired) electrons. The van der Waals surface area contributed by atoms with Gasteiger partial charge < -0.3 is 14.1 Å². The highest BCUT2D eigenvalue weighted by atomic mass is 32.1. The summed E-state index contributed by atoms with van der Waals surface area (Å²) in [6.07, 6.45) is 4.49. The maximum atomic E-state index is 5.50. The first-order valence-corrected chi connectivity index (χ1v) is 9.53. The number of fused-ring (bicyclic) bond motifs is 3. The summed E-state index contributed by atoms with van der Waals surface area (Å²) >= 11 is 1.81. The van der Waals surface area contributed by atoms with Crippen LogP contribution in [0.1, 0.15) is 16.2 Å². The normalized spacial score (nSPS) is 18.6. The Morgan fingerprint density at radius 2 is 2.08 bits per heavy atom. The van der Waals surface area contributed by atoms with Crippen LogP contribution in [0.5, 0.6) is 0 Å². The van der Waals surface area contributed by atoms with E-state index < -0.39 is 0 Å². The molecule has 5 heterocycles. The first kappa shape index (κ1) is 15.3. The molecule has 6 nitrogen and oxygen atoms in total. The average Bonchev–Trinajstić information content (AvgIpc) is 3.29. The van der Waals surface area contributed by atoms with E-state index in [0.717, 1.165) is 68.8 Å². The van der Waals surface area contributed by atoms with Gasteiger partial charge >= 0.3 is 0 Å². The van der Waals surface area contributed by atoms with Crippen molar-refractivity contribution in [2.24, 2.45) is 0 Å². The van der Waals surface area contributed by atoms with E-state index in [1.807, 2.05) is 23.5 Å². The average molecular weight is 356 g/mol. The van der Waals surface area contributed by atoms with Crippen molar-refractivity contribution < 1.29 is 9.15 Å². The molecular weight excluding hydrogens is 336 g/mol. The molecule has 130 valence electrons. The van der Waals surface area contributed by atoms with Gasteiger partial charge in [-0.3, -0.25) is 4.90 Å².